The van der Waals surface area contributed by atoms with E-state index in [4.69, 9.17) is 4.74 Å². The van der Waals surface area contributed by atoms with Crippen LogP contribution in [0, 0.1) is 24.6 Å². The van der Waals surface area contributed by atoms with E-state index in [2.05, 4.69) is 5.32 Å². The van der Waals surface area contributed by atoms with Gasteiger partial charge in [0, 0.05) is 0 Å². The number of fused-ring (bicyclic) bond motifs is 2. The van der Waals surface area contributed by atoms with Crippen LogP contribution in [-0.4, -0.2) is 29.2 Å². The molecule has 2 heterocycles. The van der Waals surface area contributed by atoms with Crippen LogP contribution in [0.3, 0.4) is 0 Å². The number of rotatable bonds is 3. The molecule has 1 amide bonds. The molecular formula is C15H14FNO4. The smallest absolute Gasteiger partial charge is 0.310 e. The first-order valence-corrected chi connectivity index (χ1v) is 6.61. The Kier molecular flexibility index (Phi) is 3.25. The first-order valence-electron chi connectivity index (χ1n) is 6.61. The van der Waals surface area contributed by atoms with Gasteiger partial charge < -0.3 is 15.2 Å². The quantitative estimate of drug-likeness (QED) is 0.832. The van der Waals surface area contributed by atoms with Gasteiger partial charge in [-0.1, -0.05) is 18.2 Å². The number of benzene rings is 1. The van der Waals surface area contributed by atoms with Crippen molar-refractivity contribution in [1.82, 2.24) is 0 Å². The molecule has 0 saturated carbocycles. The summed E-state index contributed by atoms with van der Waals surface area (Å²) in [5.41, 5.74) is 0.849. The maximum absolute atomic E-state index is 13.7. The van der Waals surface area contributed by atoms with Crippen LogP contribution in [0.5, 0.6) is 0 Å². The molecule has 0 aromatic heterocycles. The van der Waals surface area contributed by atoms with Crippen LogP contribution in [0.4, 0.5) is 10.1 Å². The predicted octanol–water partition coefficient (Wildman–Crippen LogP) is 1.73. The van der Waals surface area contributed by atoms with Crippen LogP contribution in [0.1, 0.15) is 5.56 Å². The zero-order valence-electron chi connectivity index (χ0n) is 11.2. The number of nitrogens with one attached hydrogen (secondary N) is 1. The number of halogens is 1. The zero-order chi connectivity index (χ0) is 15.1. The van der Waals surface area contributed by atoms with Crippen molar-refractivity contribution in [2.45, 2.75) is 19.1 Å². The molecule has 2 aliphatic heterocycles. The van der Waals surface area contributed by atoms with Crippen molar-refractivity contribution >= 4 is 17.6 Å². The second-order valence-electron chi connectivity index (χ2n) is 5.31. The van der Waals surface area contributed by atoms with Gasteiger partial charge in [0.25, 0.3) is 0 Å². The Labute approximate surface area is 120 Å². The predicted molar refractivity (Wildman–Crippen MR) is 72.2 cm³/mol. The van der Waals surface area contributed by atoms with Crippen LogP contribution >= 0.6 is 0 Å². The van der Waals surface area contributed by atoms with Gasteiger partial charge in [-0.3, -0.25) is 9.59 Å². The highest BCUT2D eigenvalue weighted by Crippen LogP contribution is 2.40. The lowest BCUT2D eigenvalue weighted by molar-refractivity contribution is -0.145. The minimum atomic E-state index is -1.09. The molecular weight excluding hydrogens is 277 g/mol. The lowest BCUT2D eigenvalue weighted by atomic mass is 9.82. The molecule has 0 aliphatic carbocycles. The lowest BCUT2D eigenvalue weighted by Crippen LogP contribution is -2.39. The molecule has 1 aromatic carbocycles. The summed E-state index contributed by atoms with van der Waals surface area (Å²) in [4.78, 5) is 23.6. The summed E-state index contributed by atoms with van der Waals surface area (Å²) < 4.78 is 19.1. The molecule has 6 heteroatoms. The average molecular weight is 291 g/mol. The number of hydrogen-bond acceptors (Lipinski definition) is 3. The minimum Gasteiger partial charge on any atom is -0.481 e. The molecule has 2 aliphatic rings. The van der Waals surface area contributed by atoms with Crippen LogP contribution < -0.4 is 5.32 Å². The third-order valence-electron chi connectivity index (χ3n) is 3.87. The van der Waals surface area contributed by atoms with Gasteiger partial charge in [0.15, 0.2) is 0 Å². The Morgan fingerprint density at radius 1 is 1.24 bits per heavy atom. The van der Waals surface area contributed by atoms with Crippen LogP contribution in [-0.2, 0) is 14.3 Å². The fourth-order valence-corrected chi connectivity index (χ4v) is 2.87. The number of ether oxygens (including phenoxy) is 1. The molecule has 0 unspecified atom stereocenters. The van der Waals surface area contributed by atoms with Gasteiger partial charge >= 0.3 is 5.97 Å². The second-order valence-corrected chi connectivity index (χ2v) is 5.31. The highest BCUT2D eigenvalue weighted by atomic mass is 19.1. The molecule has 2 N–H and O–H groups in total. The third kappa shape index (κ3) is 2.31. The van der Waals surface area contributed by atoms with E-state index in [1.54, 1.807) is 25.1 Å². The van der Waals surface area contributed by atoms with E-state index in [-0.39, 0.29) is 5.69 Å². The van der Waals surface area contributed by atoms with Gasteiger partial charge in [-0.2, -0.15) is 0 Å². The number of amides is 1. The number of aliphatic carboxylic acids is 1. The van der Waals surface area contributed by atoms with Crippen molar-refractivity contribution in [1.29, 1.82) is 0 Å². The molecule has 4 atom stereocenters. The highest BCUT2D eigenvalue weighted by Gasteiger charge is 2.53. The highest BCUT2D eigenvalue weighted by molar-refractivity contribution is 5.96. The topological polar surface area (TPSA) is 75.6 Å². The van der Waals surface area contributed by atoms with Crippen molar-refractivity contribution in [2.24, 2.45) is 11.8 Å². The standard InChI is InChI=1S/C15H14FNO4/c1-7-2-3-8(16)9(6-7)17-14(18)12-10-4-5-11(21-10)13(12)15(19)20/h2-6,10-13H,1H3,(H,17,18)(H,19,20)/t10-,11-,12-,13+/m1/s1. The molecule has 0 spiro atoms. The van der Waals surface area contributed by atoms with E-state index in [9.17, 15) is 19.1 Å². The summed E-state index contributed by atoms with van der Waals surface area (Å²) in [6, 6.07) is 4.36. The van der Waals surface area contributed by atoms with Crippen molar-refractivity contribution in [3.05, 3.63) is 41.7 Å². The van der Waals surface area contributed by atoms with Crippen molar-refractivity contribution in [2.75, 3.05) is 5.32 Å². The molecule has 21 heavy (non-hydrogen) atoms. The Morgan fingerprint density at radius 2 is 1.90 bits per heavy atom. The average Bonchev–Trinajstić information content (AvgIpc) is 3.03. The second kappa shape index (κ2) is 4.96. The molecule has 1 fully saturated rings. The Hall–Kier alpha value is -2.21. The van der Waals surface area contributed by atoms with Gasteiger partial charge in [0.2, 0.25) is 5.91 Å². The number of anilines is 1. The van der Waals surface area contributed by atoms with Gasteiger partial charge in [-0.05, 0) is 24.6 Å². The minimum absolute atomic E-state index is 0.0518. The van der Waals surface area contributed by atoms with Gasteiger partial charge in [-0.25, -0.2) is 4.39 Å². The normalized spacial score (nSPS) is 29.6. The number of carbonyl (C=O) groups excluding carboxylic acids is 1. The van der Waals surface area contributed by atoms with E-state index in [0.717, 1.165) is 5.56 Å². The van der Waals surface area contributed by atoms with Crippen molar-refractivity contribution in [3.8, 4) is 0 Å². The zero-order valence-corrected chi connectivity index (χ0v) is 11.2. The number of carboxylic acids is 1. The maximum Gasteiger partial charge on any atom is 0.310 e. The van der Waals surface area contributed by atoms with Crippen molar-refractivity contribution < 1.29 is 23.8 Å². The summed E-state index contributed by atoms with van der Waals surface area (Å²) in [6.45, 7) is 1.78. The van der Waals surface area contributed by atoms with Gasteiger partial charge in [0.05, 0.1) is 23.8 Å². The monoisotopic (exact) mass is 291 g/mol. The fourth-order valence-electron chi connectivity index (χ4n) is 2.87. The number of carbonyl (C=O) groups is 2. The fraction of sp³-hybridized carbons (Fsp3) is 0.333. The van der Waals surface area contributed by atoms with E-state index in [0.29, 0.717) is 0 Å². The molecule has 1 saturated heterocycles. The summed E-state index contributed by atoms with van der Waals surface area (Å²) in [5.74, 6) is -3.97. The first-order chi connectivity index (χ1) is 9.97. The summed E-state index contributed by atoms with van der Waals surface area (Å²) in [6.07, 6.45) is 2.18. The van der Waals surface area contributed by atoms with Crippen LogP contribution in [0.25, 0.3) is 0 Å². The van der Waals surface area contributed by atoms with Crippen LogP contribution in [0.2, 0.25) is 0 Å². The van der Waals surface area contributed by atoms with E-state index in [1.165, 1.54) is 12.1 Å². The Balaban J connectivity index is 1.83. The first kappa shape index (κ1) is 13.8. The number of carboxylic acid groups (broad SMARTS) is 1. The largest absolute Gasteiger partial charge is 0.481 e. The molecule has 2 bridgehead atoms. The lowest BCUT2D eigenvalue weighted by Gasteiger charge is -2.21. The van der Waals surface area contributed by atoms with E-state index in [1.807, 2.05) is 0 Å². The molecule has 1 aromatic rings. The van der Waals surface area contributed by atoms with E-state index < -0.39 is 41.7 Å². The third-order valence-corrected chi connectivity index (χ3v) is 3.87. The van der Waals surface area contributed by atoms with Gasteiger partial charge in [-0.15, -0.1) is 0 Å². The SMILES string of the molecule is Cc1ccc(F)c(NC(=O)[C@H]2[C@@H](C(=O)O)[C@H]3C=C[C@H]2O3)c1. The molecule has 0 radical (unpaired) electrons. The number of aryl methyl sites for hydroxylation is 1. The van der Waals surface area contributed by atoms with Gasteiger partial charge in [0.1, 0.15) is 11.7 Å². The summed E-state index contributed by atoms with van der Waals surface area (Å²) >= 11 is 0. The Bertz CT molecular complexity index is 643. The summed E-state index contributed by atoms with van der Waals surface area (Å²) in [7, 11) is 0. The molecule has 5 nitrogen and oxygen atoms in total. The Morgan fingerprint density at radius 3 is 2.57 bits per heavy atom. The maximum atomic E-state index is 13.7. The van der Waals surface area contributed by atoms with Crippen LogP contribution in [0.15, 0.2) is 30.4 Å². The number of hydrogen-bond donors (Lipinski definition) is 2. The molecule has 3 rings (SSSR count). The molecule has 110 valence electrons. The van der Waals surface area contributed by atoms with Crippen molar-refractivity contribution in [3.63, 3.8) is 0 Å². The van der Waals surface area contributed by atoms with E-state index >= 15 is 0 Å². The summed E-state index contributed by atoms with van der Waals surface area (Å²) in [5, 5.41) is 11.7.